The molecule has 2 aromatic rings. The van der Waals surface area contributed by atoms with Gasteiger partial charge in [-0.1, -0.05) is 18.2 Å². The lowest BCUT2D eigenvalue weighted by atomic mass is 10.1. The van der Waals surface area contributed by atoms with Gasteiger partial charge in [-0.25, -0.2) is 4.98 Å². The van der Waals surface area contributed by atoms with Crippen LogP contribution in [-0.4, -0.2) is 42.1 Å². The van der Waals surface area contributed by atoms with E-state index in [1.807, 2.05) is 49.1 Å². The number of hydrogen-bond acceptors (Lipinski definition) is 5. The minimum absolute atomic E-state index is 0.0402. The number of benzene rings is 1. The first-order valence-corrected chi connectivity index (χ1v) is 9.55. The minimum atomic E-state index is 0.0402. The van der Waals surface area contributed by atoms with Gasteiger partial charge in [-0.05, 0) is 37.1 Å². The second kappa shape index (κ2) is 8.35. The van der Waals surface area contributed by atoms with E-state index in [2.05, 4.69) is 11.1 Å². The summed E-state index contributed by atoms with van der Waals surface area (Å²) in [6, 6.07) is 11.8. The molecule has 26 heavy (non-hydrogen) atoms. The smallest absolute Gasteiger partial charge is 0.254 e. The van der Waals surface area contributed by atoms with Crippen LogP contribution in [0.15, 0.2) is 35.4 Å². The molecule has 0 aliphatic carbocycles. The maximum Gasteiger partial charge on any atom is 0.254 e. The molecular formula is C20H21N3O2S. The quantitative estimate of drug-likeness (QED) is 0.776. The normalized spacial score (nSPS) is 14.1. The van der Waals surface area contributed by atoms with E-state index in [0.717, 1.165) is 21.8 Å². The van der Waals surface area contributed by atoms with Crippen LogP contribution < -0.4 is 0 Å². The summed E-state index contributed by atoms with van der Waals surface area (Å²) in [6.45, 7) is 6.26. The van der Waals surface area contributed by atoms with E-state index in [0.29, 0.717) is 43.2 Å². The van der Waals surface area contributed by atoms with Gasteiger partial charge in [-0.3, -0.25) is 4.79 Å². The van der Waals surface area contributed by atoms with Crippen molar-refractivity contribution in [3.05, 3.63) is 58.3 Å². The molecule has 0 saturated carbocycles. The van der Waals surface area contributed by atoms with Gasteiger partial charge in [-0.2, -0.15) is 5.26 Å². The van der Waals surface area contributed by atoms with Gasteiger partial charge in [0.2, 0.25) is 0 Å². The molecule has 0 unspecified atom stereocenters. The predicted molar refractivity (Wildman–Crippen MR) is 101 cm³/mol. The third-order valence-electron chi connectivity index (χ3n) is 4.33. The van der Waals surface area contributed by atoms with Crippen LogP contribution in [0.5, 0.6) is 0 Å². The van der Waals surface area contributed by atoms with Gasteiger partial charge < -0.3 is 9.64 Å². The molecular weight excluding hydrogens is 346 g/mol. The lowest BCUT2D eigenvalue weighted by Crippen LogP contribution is -2.41. The van der Waals surface area contributed by atoms with Crippen LogP contribution in [0, 0.1) is 25.2 Å². The zero-order valence-corrected chi connectivity index (χ0v) is 15.8. The van der Waals surface area contributed by atoms with E-state index in [9.17, 15) is 10.1 Å². The van der Waals surface area contributed by atoms with Crippen molar-refractivity contribution in [2.75, 3.05) is 26.3 Å². The molecule has 1 aromatic carbocycles. The third-order valence-corrected chi connectivity index (χ3v) is 5.36. The molecule has 134 valence electrons. The van der Waals surface area contributed by atoms with Crippen molar-refractivity contribution >= 4 is 17.7 Å². The Bertz CT molecular complexity index is 855. The number of aromatic nitrogens is 1. The molecule has 1 amide bonds. The molecule has 1 aliphatic heterocycles. The van der Waals surface area contributed by atoms with E-state index < -0.39 is 0 Å². The van der Waals surface area contributed by atoms with Crippen molar-refractivity contribution in [1.29, 1.82) is 5.26 Å². The number of hydrogen-bond donors (Lipinski definition) is 0. The average Bonchev–Trinajstić information content (AvgIpc) is 2.66. The summed E-state index contributed by atoms with van der Waals surface area (Å²) in [7, 11) is 0. The Morgan fingerprint density at radius 3 is 2.77 bits per heavy atom. The average molecular weight is 367 g/mol. The Kier molecular flexibility index (Phi) is 5.92. The number of carbonyl (C=O) groups is 1. The summed E-state index contributed by atoms with van der Waals surface area (Å²) in [4.78, 5) is 19.2. The molecule has 0 radical (unpaired) electrons. The van der Waals surface area contributed by atoms with E-state index in [4.69, 9.17) is 4.74 Å². The first kappa shape index (κ1) is 18.4. The van der Waals surface area contributed by atoms with Crippen molar-refractivity contribution in [2.24, 2.45) is 0 Å². The lowest BCUT2D eigenvalue weighted by Gasteiger charge is -2.27. The van der Waals surface area contributed by atoms with Gasteiger partial charge in [0.1, 0.15) is 11.1 Å². The lowest BCUT2D eigenvalue weighted by molar-refractivity contribution is 0.0302. The van der Waals surface area contributed by atoms with Crippen LogP contribution in [0.2, 0.25) is 0 Å². The fourth-order valence-corrected chi connectivity index (χ4v) is 4.08. The number of aryl methyl sites for hydroxylation is 2. The van der Waals surface area contributed by atoms with Crippen LogP contribution in [0.4, 0.5) is 0 Å². The number of thioether (sulfide) groups is 1. The van der Waals surface area contributed by atoms with Gasteiger partial charge in [0.05, 0.1) is 18.8 Å². The van der Waals surface area contributed by atoms with E-state index >= 15 is 0 Å². The van der Waals surface area contributed by atoms with Crippen molar-refractivity contribution in [1.82, 2.24) is 9.88 Å². The van der Waals surface area contributed by atoms with Crippen LogP contribution in [-0.2, 0) is 10.5 Å². The van der Waals surface area contributed by atoms with Crippen molar-refractivity contribution in [3.63, 3.8) is 0 Å². The Morgan fingerprint density at radius 2 is 2.04 bits per heavy atom. The molecule has 1 aromatic heterocycles. The van der Waals surface area contributed by atoms with Gasteiger partial charge in [0.15, 0.2) is 0 Å². The largest absolute Gasteiger partial charge is 0.378 e. The first-order chi connectivity index (χ1) is 12.6. The Labute approximate surface area is 158 Å². The summed E-state index contributed by atoms with van der Waals surface area (Å²) in [5, 5.41) is 10.1. The first-order valence-electron chi connectivity index (χ1n) is 8.56. The summed E-state index contributed by atoms with van der Waals surface area (Å²) in [6.07, 6.45) is 0. The molecule has 0 N–H and O–H groups in total. The highest BCUT2D eigenvalue weighted by Crippen LogP contribution is 2.28. The second-order valence-corrected chi connectivity index (χ2v) is 7.19. The maximum absolute atomic E-state index is 12.9. The molecule has 1 fully saturated rings. The fraction of sp³-hybridized carbons (Fsp3) is 0.350. The third kappa shape index (κ3) is 4.06. The zero-order chi connectivity index (χ0) is 18.5. The number of carbonyl (C=O) groups excluding carboxylic acids is 1. The minimum Gasteiger partial charge on any atom is -0.378 e. The molecule has 3 rings (SSSR count). The predicted octanol–water partition coefficient (Wildman–Crippen LogP) is 3.33. The highest BCUT2D eigenvalue weighted by Gasteiger charge is 2.21. The molecule has 6 heteroatoms. The monoisotopic (exact) mass is 367 g/mol. The van der Waals surface area contributed by atoms with Crippen LogP contribution in [0.1, 0.15) is 32.7 Å². The Balaban J connectivity index is 1.82. The number of ether oxygens (including phenoxy) is 1. The number of amides is 1. The molecule has 5 nitrogen and oxygen atoms in total. The van der Waals surface area contributed by atoms with Gasteiger partial charge >= 0.3 is 0 Å². The van der Waals surface area contributed by atoms with Crippen LogP contribution in [0.25, 0.3) is 0 Å². The summed E-state index contributed by atoms with van der Waals surface area (Å²) >= 11 is 1.50. The Hall–Kier alpha value is -2.36. The summed E-state index contributed by atoms with van der Waals surface area (Å²) < 4.78 is 5.33. The molecule has 1 aliphatic rings. The number of nitrogens with zero attached hydrogens (tertiary/aromatic N) is 3. The number of nitriles is 1. The summed E-state index contributed by atoms with van der Waals surface area (Å²) in [5.74, 6) is 0.634. The molecule has 0 bridgehead atoms. The van der Waals surface area contributed by atoms with Crippen LogP contribution >= 0.6 is 11.8 Å². The maximum atomic E-state index is 12.9. The van der Waals surface area contributed by atoms with E-state index in [1.54, 1.807) is 0 Å². The second-order valence-electron chi connectivity index (χ2n) is 6.22. The SMILES string of the molecule is Cc1cc(C)c(C#N)c(SCc2ccccc2C(=O)N2CCOCC2)n1. The van der Waals surface area contributed by atoms with E-state index in [1.165, 1.54) is 11.8 Å². The molecule has 0 spiro atoms. The van der Waals surface area contributed by atoms with Gasteiger partial charge in [0, 0.05) is 30.1 Å². The Morgan fingerprint density at radius 1 is 1.31 bits per heavy atom. The highest BCUT2D eigenvalue weighted by molar-refractivity contribution is 7.98. The molecule has 1 saturated heterocycles. The van der Waals surface area contributed by atoms with E-state index in [-0.39, 0.29) is 5.91 Å². The standard InChI is InChI=1S/C20H21N3O2S/c1-14-11-15(2)22-19(18(14)12-21)26-13-16-5-3-4-6-17(16)20(24)23-7-9-25-10-8-23/h3-6,11H,7-10,13H2,1-2H3. The van der Waals surface area contributed by atoms with Gasteiger partial charge in [0.25, 0.3) is 5.91 Å². The highest BCUT2D eigenvalue weighted by atomic mass is 32.2. The molecule has 2 heterocycles. The summed E-state index contributed by atoms with van der Waals surface area (Å²) in [5.41, 5.74) is 4.10. The van der Waals surface area contributed by atoms with Crippen molar-refractivity contribution < 1.29 is 9.53 Å². The molecule has 0 atom stereocenters. The van der Waals surface area contributed by atoms with Crippen molar-refractivity contribution in [3.8, 4) is 6.07 Å². The van der Waals surface area contributed by atoms with Crippen molar-refractivity contribution in [2.45, 2.75) is 24.6 Å². The number of morpholine rings is 1. The zero-order valence-electron chi connectivity index (χ0n) is 15.0. The number of rotatable bonds is 4. The number of pyridine rings is 1. The topological polar surface area (TPSA) is 66.2 Å². The van der Waals surface area contributed by atoms with Crippen LogP contribution in [0.3, 0.4) is 0 Å². The fourth-order valence-electron chi connectivity index (χ4n) is 2.98. The van der Waals surface area contributed by atoms with Gasteiger partial charge in [-0.15, -0.1) is 11.8 Å².